The molecule has 0 unspecified atom stereocenters. The molecule has 0 radical (unpaired) electrons. The molecule has 0 saturated carbocycles. The summed E-state index contributed by atoms with van der Waals surface area (Å²) in [5.74, 6) is -0.304. The fourth-order valence-corrected chi connectivity index (χ4v) is 4.92. The predicted octanol–water partition coefficient (Wildman–Crippen LogP) is 4.31. The summed E-state index contributed by atoms with van der Waals surface area (Å²) in [4.78, 5) is 4.99. The molecule has 1 aliphatic rings. The molecular formula is C24H25FN2O3S. The molecule has 0 spiro atoms. The first-order chi connectivity index (χ1) is 14.7. The smallest absolute Gasteiger partial charge is 0.238 e. The molecule has 1 heterocycles. The lowest BCUT2D eigenvalue weighted by Gasteiger charge is -2.22. The summed E-state index contributed by atoms with van der Waals surface area (Å²) < 4.78 is 37.6. The monoisotopic (exact) mass is 440 g/mol. The van der Waals surface area contributed by atoms with Crippen molar-refractivity contribution in [3.8, 4) is 22.4 Å². The Bertz CT molecular complexity index is 1250. The Morgan fingerprint density at radius 1 is 1.13 bits per heavy atom. The Morgan fingerprint density at radius 3 is 2.45 bits per heavy atom. The van der Waals surface area contributed by atoms with Crippen LogP contribution in [0.3, 0.4) is 0 Å². The summed E-state index contributed by atoms with van der Waals surface area (Å²) in [6, 6.07) is 11.2. The van der Waals surface area contributed by atoms with Crippen LogP contribution >= 0.6 is 0 Å². The Morgan fingerprint density at radius 2 is 1.84 bits per heavy atom. The van der Waals surface area contributed by atoms with Crippen LogP contribution in [0.25, 0.3) is 22.4 Å². The standard InChI is InChI=1S/C24H25FN2O3S/c1-14(2)23-21(13-28)22(16-6-9-17(25)10-7-16)19-5-3-4-15-8-11-18(31(26,29)30)12-20(15)24(19)27-23/h6-12,14,28H,3-5,13H2,1-2H3,(H2,26,29,30). The van der Waals surface area contributed by atoms with Crippen LogP contribution in [0.1, 0.15) is 48.6 Å². The first-order valence-electron chi connectivity index (χ1n) is 10.3. The van der Waals surface area contributed by atoms with E-state index in [4.69, 9.17) is 10.1 Å². The number of rotatable bonds is 4. The summed E-state index contributed by atoms with van der Waals surface area (Å²) in [6.45, 7) is 3.81. The number of pyridine rings is 1. The third-order valence-electron chi connectivity index (χ3n) is 5.81. The van der Waals surface area contributed by atoms with Crippen molar-refractivity contribution in [2.24, 2.45) is 5.14 Å². The number of halogens is 1. The topological polar surface area (TPSA) is 93.3 Å². The highest BCUT2D eigenvalue weighted by atomic mass is 32.2. The second-order valence-electron chi connectivity index (χ2n) is 8.21. The second kappa shape index (κ2) is 8.15. The van der Waals surface area contributed by atoms with Gasteiger partial charge in [0.25, 0.3) is 0 Å². The van der Waals surface area contributed by atoms with Gasteiger partial charge >= 0.3 is 0 Å². The maximum atomic E-state index is 13.6. The summed E-state index contributed by atoms with van der Waals surface area (Å²) in [6.07, 6.45) is 2.32. The predicted molar refractivity (Wildman–Crippen MR) is 118 cm³/mol. The van der Waals surface area contributed by atoms with Crippen LogP contribution in [0.15, 0.2) is 47.4 Å². The molecule has 2 aromatic carbocycles. The summed E-state index contributed by atoms with van der Waals surface area (Å²) in [5.41, 5.74) is 6.52. The number of benzene rings is 2. The third kappa shape index (κ3) is 4.01. The van der Waals surface area contributed by atoms with Gasteiger partial charge in [0.15, 0.2) is 0 Å². The van der Waals surface area contributed by atoms with Crippen molar-refractivity contribution in [3.05, 3.63) is 70.7 Å². The Hall–Kier alpha value is -2.61. The van der Waals surface area contributed by atoms with Crippen molar-refractivity contribution in [2.75, 3.05) is 0 Å². The quantitative estimate of drug-likeness (QED) is 0.632. The van der Waals surface area contributed by atoms with Gasteiger partial charge in [-0.2, -0.15) is 0 Å². The number of aromatic nitrogens is 1. The number of primary sulfonamides is 1. The molecular weight excluding hydrogens is 415 g/mol. The van der Waals surface area contributed by atoms with Crippen molar-refractivity contribution in [2.45, 2.75) is 50.5 Å². The highest BCUT2D eigenvalue weighted by Gasteiger charge is 2.26. The molecule has 0 atom stereocenters. The van der Waals surface area contributed by atoms with Gasteiger partial charge in [-0.25, -0.2) is 17.9 Å². The number of aliphatic hydroxyl groups excluding tert-OH is 1. The highest BCUT2D eigenvalue weighted by molar-refractivity contribution is 7.89. The molecule has 0 aliphatic heterocycles. The zero-order valence-electron chi connectivity index (χ0n) is 17.5. The largest absolute Gasteiger partial charge is 0.392 e. The maximum absolute atomic E-state index is 13.6. The lowest BCUT2D eigenvalue weighted by molar-refractivity contribution is 0.280. The number of nitrogens with two attached hydrogens (primary N) is 1. The number of aliphatic hydroxyl groups is 1. The molecule has 5 nitrogen and oxygen atoms in total. The minimum atomic E-state index is -3.87. The molecule has 162 valence electrons. The molecule has 0 fully saturated rings. The number of sulfonamides is 1. The van der Waals surface area contributed by atoms with Crippen LogP contribution in [0.4, 0.5) is 4.39 Å². The fraction of sp³-hybridized carbons (Fsp3) is 0.292. The molecule has 1 aromatic heterocycles. The van der Waals surface area contributed by atoms with Gasteiger partial charge in [0.1, 0.15) is 5.82 Å². The average molecular weight is 441 g/mol. The minimum Gasteiger partial charge on any atom is -0.392 e. The first kappa shape index (κ1) is 21.6. The molecule has 3 aromatic rings. The van der Waals surface area contributed by atoms with Gasteiger partial charge in [0.05, 0.1) is 17.2 Å². The number of nitrogens with zero attached hydrogens (tertiary/aromatic N) is 1. The van der Waals surface area contributed by atoms with Gasteiger partial charge in [-0.15, -0.1) is 0 Å². The summed E-state index contributed by atoms with van der Waals surface area (Å²) in [5, 5.41) is 15.7. The Kier molecular flexibility index (Phi) is 5.68. The van der Waals surface area contributed by atoms with E-state index in [2.05, 4.69) is 0 Å². The molecule has 3 N–H and O–H groups in total. The molecule has 4 rings (SSSR count). The zero-order chi connectivity index (χ0) is 22.3. The minimum absolute atomic E-state index is 0.0276. The van der Waals surface area contributed by atoms with Crippen LogP contribution in [-0.2, 0) is 29.5 Å². The molecule has 0 saturated heterocycles. The second-order valence-corrected chi connectivity index (χ2v) is 9.78. The zero-order valence-corrected chi connectivity index (χ0v) is 18.3. The molecule has 7 heteroatoms. The van der Waals surface area contributed by atoms with Gasteiger partial charge in [0, 0.05) is 16.8 Å². The van der Waals surface area contributed by atoms with E-state index in [1.165, 1.54) is 18.2 Å². The fourth-order valence-electron chi connectivity index (χ4n) is 4.38. The van der Waals surface area contributed by atoms with Gasteiger partial charge < -0.3 is 5.11 Å². The van der Waals surface area contributed by atoms with Crippen molar-refractivity contribution in [1.82, 2.24) is 4.98 Å². The SMILES string of the molecule is CC(C)c1nc2c(c(-c3ccc(F)cc3)c1CO)CCCc1ccc(S(N)(=O)=O)cc1-2. The third-order valence-corrected chi connectivity index (χ3v) is 6.72. The summed E-state index contributed by atoms with van der Waals surface area (Å²) in [7, 11) is -3.87. The van der Waals surface area contributed by atoms with Crippen LogP contribution < -0.4 is 5.14 Å². The molecule has 0 amide bonds. The normalized spacial score (nSPS) is 13.6. The Labute approximate surface area is 181 Å². The van der Waals surface area contributed by atoms with Gasteiger partial charge in [-0.3, -0.25) is 4.98 Å². The van der Waals surface area contributed by atoms with E-state index < -0.39 is 10.0 Å². The van der Waals surface area contributed by atoms with E-state index in [1.807, 2.05) is 13.8 Å². The van der Waals surface area contributed by atoms with E-state index in [0.717, 1.165) is 51.9 Å². The van der Waals surface area contributed by atoms with Gasteiger partial charge in [0.2, 0.25) is 10.0 Å². The Balaban J connectivity index is 2.10. The average Bonchev–Trinajstić information content (AvgIpc) is 2.91. The van der Waals surface area contributed by atoms with E-state index in [1.54, 1.807) is 24.3 Å². The van der Waals surface area contributed by atoms with E-state index in [-0.39, 0.29) is 23.2 Å². The van der Waals surface area contributed by atoms with Crippen molar-refractivity contribution in [3.63, 3.8) is 0 Å². The van der Waals surface area contributed by atoms with Crippen molar-refractivity contribution < 1.29 is 17.9 Å². The van der Waals surface area contributed by atoms with Crippen LogP contribution in [0.5, 0.6) is 0 Å². The van der Waals surface area contributed by atoms with Gasteiger partial charge in [-0.1, -0.05) is 32.0 Å². The summed E-state index contributed by atoms with van der Waals surface area (Å²) >= 11 is 0. The number of hydrogen-bond acceptors (Lipinski definition) is 4. The first-order valence-corrected chi connectivity index (χ1v) is 11.8. The van der Waals surface area contributed by atoms with E-state index >= 15 is 0 Å². The van der Waals surface area contributed by atoms with Crippen LogP contribution in [0, 0.1) is 5.82 Å². The van der Waals surface area contributed by atoms with Crippen molar-refractivity contribution in [1.29, 1.82) is 0 Å². The number of aryl methyl sites for hydroxylation is 1. The lowest BCUT2D eigenvalue weighted by Crippen LogP contribution is -2.13. The molecule has 1 aliphatic carbocycles. The van der Waals surface area contributed by atoms with Crippen LogP contribution in [0.2, 0.25) is 0 Å². The number of hydrogen-bond donors (Lipinski definition) is 2. The molecule has 31 heavy (non-hydrogen) atoms. The van der Waals surface area contributed by atoms with Crippen LogP contribution in [-0.4, -0.2) is 18.5 Å². The van der Waals surface area contributed by atoms with Crippen molar-refractivity contribution >= 4 is 10.0 Å². The van der Waals surface area contributed by atoms with E-state index in [0.29, 0.717) is 12.1 Å². The number of fused-ring (bicyclic) bond motifs is 3. The van der Waals surface area contributed by atoms with E-state index in [9.17, 15) is 17.9 Å². The lowest BCUT2D eigenvalue weighted by atomic mass is 9.87. The maximum Gasteiger partial charge on any atom is 0.238 e. The highest BCUT2D eigenvalue weighted by Crippen LogP contribution is 2.41. The molecule has 0 bridgehead atoms. The van der Waals surface area contributed by atoms with Gasteiger partial charge in [-0.05, 0) is 71.7 Å².